The highest BCUT2D eigenvalue weighted by molar-refractivity contribution is 6.42. The monoisotopic (exact) mass is 340 g/mol. The van der Waals surface area contributed by atoms with Gasteiger partial charge in [-0.15, -0.1) is 0 Å². The molecule has 2 rings (SSSR count). The zero-order valence-electron chi connectivity index (χ0n) is 11.8. The number of aryl methyl sites for hydroxylation is 1. The zero-order chi connectivity index (χ0) is 16.1. The third-order valence-electron chi connectivity index (χ3n) is 2.86. The Morgan fingerprint density at radius 2 is 2.05 bits per heavy atom. The summed E-state index contributed by atoms with van der Waals surface area (Å²) in [4.78, 5) is 26.1. The van der Waals surface area contributed by atoms with E-state index in [0.717, 1.165) is 0 Å². The van der Waals surface area contributed by atoms with Gasteiger partial charge in [-0.25, -0.2) is 0 Å². The molecule has 0 aliphatic carbocycles. The Morgan fingerprint density at radius 3 is 2.77 bits per heavy atom. The van der Waals surface area contributed by atoms with E-state index in [0.29, 0.717) is 21.5 Å². The van der Waals surface area contributed by atoms with Crippen molar-refractivity contribution in [3.8, 4) is 5.75 Å². The number of aromatic nitrogens is 1. The summed E-state index contributed by atoms with van der Waals surface area (Å²) in [6, 6.07) is 8.20. The number of pyridine rings is 1. The van der Waals surface area contributed by atoms with Crippen LogP contribution in [0.3, 0.4) is 0 Å². The van der Waals surface area contributed by atoms with E-state index in [1.165, 1.54) is 6.07 Å². The van der Waals surface area contributed by atoms with E-state index in [1.807, 2.05) is 0 Å². The number of hydrogen-bond acceptors (Lipinski definition) is 3. The van der Waals surface area contributed by atoms with E-state index in [-0.39, 0.29) is 18.7 Å². The molecule has 0 spiro atoms. The van der Waals surface area contributed by atoms with Gasteiger partial charge in [0.05, 0.1) is 11.6 Å². The molecule has 116 valence electrons. The second-order valence-electron chi connectivity index (χ2n) is 4.54. The van der Waals surface area contributed by atoms with Crippen molar-refractivity contribution < 1.29 is 9.53 Å². The van der Waals surface area contributed by atoms with Crippen LogP contribution < -0.4 is 15.6 Å². The van der Waals surface area contributed by atoms with Gasteiger partial charge in [-0.1, -0.05) is 29.3 Å². The van der Waals surface area contributed by atoms with Gasteiger partial charge in [0.25, 0.3) is 11.5 Å². The van der Waals surface area contributed by atoms with Crippen molar-refractivity contribution in [3.05, 3.63) is 62.0 Å². The molecule has 1 aromatic carbocycles. The third-order valence-corrected chi connectivity index (χ3v) is 3.66. The molecule has 0 aliphatic heterocycles. The molecule has 0 bridgehead atoms. The van der Waals surface area contributed by atoms with E-state index in [4.69, 9.17) is 27.9 Å². The minimum atomic E-state index is -0.456. The standard InChI is InChI=1S/C15H14Cl2N2O3/c1-9-5-6-10(15(21)19-9)14(20)18-7-8-22-12-4-2-3-11(16)13(12)17/h2-6H,7-8H2,1H3,(H,18,20)(H,19,21). The highest BCUT2D eigenvalue weighted by Gasteiger charge is 2.10. The molecule has 0 atom stereocenters. The second-order valence-corrected chi connectivity index (χ2v) is 5.33. The van der Waals surface area contributed by atoms with Crippen molar-refractivity contribution in [1.82, 2.24) is 10.3 Å². The predicted octanol–water partition coefficient (Wildman–Crippen LogP) is 2.80. The average Bonchev–Trinajstić information content (AvgIpc) is 2.47. The van der Waals surface area contributed by atoms with Gasteiger partial charge in [0.2, 0.25) is 0 Å². The molecule has 1 aromatic heterocycles. The highest BCUT2D eigenvalue weighted by Crippen LogP contribution is 2.31. The fourth-order valence-corrected chi connectivity index (χ4v) is 2.11. The first kappa shape index (κ1) is 16.4. The molecule has 0 saturated carbocycles. The molecular formula is C15H14Cl2N2O3. The average molecular weight is 341 g/mol. The molecule has 0 fully saturated rings. The Labute approximate surface area is 137 Å². The Morgan fingerprint density at radius 1 is 1.27 bits per heavy atom. The van der Waals surface area contributed by atoms with Gasteiger partial charge in [0.1, 0.15) is 22.9 Å². The molecule has 22 heavy (non-hydrogen) atoms. The van der Waals surface area contributed by atoms with Crippen molar-refractivity contribution in [2.75, 3.05) is 13.2 Å². The highest BCUT2D eigenvalue weighted by atomic mass is 35.5. The van der Waals surface area contributed by atoms with E-state index in [1.54, 1.807) is 31.2 Å². The smallest absolute Gasteiger partial charge is 0.260 e. The number of carbonyl (C=O) groups excluding carboxylic acids is 1. The summed E-state index contributed by atoms with van der Waals surface area (Å²) in [5.74, 6) is -0.0151. The van der Waals surface area contributed by atoms with E-state index in [9.17, 15) is 9.59 Å². The van der Waals surface area contributed by atoms with Crippen LogP contribution in [-0.2, 0) is 0 Å². The maximum atomic E-state index is 11.9. The van der Waals surface area contributed by atoms with Crippen LogP contribution in [0.5, 0.6) is 5.75 Å². The Hall–Kier alpha value is -1.98. The predicted molar refractivity (Wildman–Crippen MR) is 86.1 cm³/mol. The zero-order valence-corrected chi connectivity index (χ0v) is 13.3. The summed E-state index contributed by atoms with van der Waals surface area (Å²) in [5, 5.41) is 3.33. The number of ether oxygens (including phenoxy) is 1. The quantitative estimate of drug-likeness (QED) is 0.822. The largest absolute Gasteiger partial charge is 0.490 e. The number of hydrogen-bond donors (Lipinski definition) is 2. The third kappa shape index (κ3) is 4.02. The summed E-state index contributed by atoms with van der Waals surface area (Å²) < 4.78 is 5.44. The van der Waals surface area contributed by atoms with Crippen LogP contribution >= 0.6 is 23.2 Å². The van der Waals surface area contributed by atoms with Crippen LogP contribution in [0, 0.1) is 6.92 Å². The lowest BCUT2D eigenvalue weighted by molar-refractivity contribution is 0.0945. The molecule has 1 heterocycles. The number of H-pyrrole nitrogens is 1. The first-order chi connectivity index (χ1) is 10.5. The lowest BCUT2D eigenvalue weighted by Crippen LogP contribution is -2.32. The minimum Gasteiger partial charge on any atom is -0.490 e. The van der Waals surface area contributed by atoms with Crippen molar-refractivity contribution in [1.29, 1.82) is 0 Å². The van der Waals surface area contributed by atoms with Crippen LogP contribution in [0.2, 0.25) is 10.0 Å². The van der Waals surface area contributed by atoms with Gasteiger partial charge < -0.3 is 15.0 Å². The molecule has 7 heteroatoms. The van der Waals surface area contributed by atoms with Crippen molar-refractivity contribution in [2.45, 2.75) is 6.92 Å². The van der Waals surface area contributed by atoms with E-state index >= 15 is 0 Å². The van der Waals surface area contributed by atoms with Gasteiger partial charge in [0, 0.05) is 5.69 Å². The fourth-order valence-electron chi connectivity index (χ4n) is 1.77. The van der Waals surface area contributed by atoms with Crippen LogP contribution in [0.25, 0.3) is 0 Å². The Kier molecular flexibility index (Phi) is 5.46. The summed E-state index contributed by atoms with van der Waals surface area (Å²) in [6.07, 6.45) is 0. The van der Waals surface area contributed by atoms with Crippen LogP contribution in [-0.4, -0.2) is 24.0 Å². The van der Waals surface area contributed by atoms with Crippen molar-refractivity contribution in [3.63, 3.8) is 0 Å². The molecule has 0 radical (unpaired) electrons. The Balaban J connectivity index is 1.87. The molecule has 5 nitrogen and oxygen atoms in total. The van der Waals surface area contributed by atoms with Crippen LogP contribution in [0.4, 0.5) is 0 Å². The lowest BCUT2D eigenvalue weighted by Gasteiger charge is -2.09. The van der Waals surface area contributed by atoms with Gasteiger partial charge >= 0.3 is 0 Å². The van der Waals surface area contributed by atoms with Crippen molar-refractivity contribution >= 4 is 29.1 Å². The lowest BCUT2D eigenvalue weighted by atomic mass is 10.2. The molecule has 2 aromatic rings. The number of benzene rings is 1. The summed E-state index contributed by atoms with van der Waals surface area (Å²) in [6.45, 7) is 2.18. The number of carbonyl (C=O) groups is 1. The van der Waals surface area contributed by atoms with Gasteiger partial charge in [-0.3, -0.25) is 9.59 Å². The molecule has 0 unspecified atom stereocenters. The van der Waals surface area contributed by atoms with E-state index < -0.39 is 11.5 Å². The van der Waals surface area contributed by atoms with Gasteiger partial charge in [0.15, 0.2) is 0 Å². The second kappa shape index (κ2) is 7.33. The number of aromatic amines is 1. The molecule has 1 amide bonds. The molecular weight excluding hydrogens is 327 g/mol. The number of rotatable bonds is 5. The van der Waals surface area contributed by atoms with Crippen LogP contribution in [0.15, 0.2) is 35.1 Å². The SMILES string of the molecule is Cc1ccc(C(=O)NCCOc2cccc(Cl)c2Cl)c(=O)[nH]1. The first-order valence-corrected chi connectivity index (χ1v) is 7.29. The maximum Gasteiger partial charge on any atom is 0.260 e. The van der Waals surface area contributed by atoms with Crippen LogP contribution in [0.1, 0.15) is 16.1 Å². The summed E-state index contributed by atoms with van der Waals surface area (Å²) in [7, 11) is 0. The fraction of sp³-hybridized carbons (Fsp3) is 0.200. The normalized spacial score (nSPS) is 10.3. The number of amides is 1. The summed E-state index contributed by atoms with van der Waals surface area (Å²) >= 11 is 11.8. The maximum absolute atomic E-state index is 11.9. The first-order valence-electron chi connectivity index (χ1n) is 6.54. The minimum absolute atomic E-state index is 0.0615. The van der Waals surface area contributed by atoms with E-state index in [2.05, 4.69) is 10.3 Å². The van der Waals surface area contributed by atoms with Crippen molar-refractivity contribution in [2.24, 2.45) is 0 Å². The number of halogens is 2. The molecule has 2 N–H and O–H groups in total. The molecule has 0 saturated heterocycles. The molecule has 0 aliphatic rings. The van der Waals surface area contributed by atoms with Gasteiger partial charge in [-0.2, -0.15) is 0 Å². The summed E-state index contributed by atoms with van der Waals surface area (Å²) in [5.41, 5.74) is 0.336. The van der Waals surface area contributed by atoms with Gasteiger partial charge in [-0.05, 0) is 31.2 Å². The Bertz CT molecular complexity index is 744. The topological polar surface area (TPSA) is 71.2 Å². The number of nitrogens with one attached hydrogen (secondary N) is 2.